The quantitative estimate of drug-likeness (QED) is 0.503. The number of rotatable bonds is 10. The van der Waals surface area contributed by atoms with Crippen LogP contribution < -0.4 is 16.0 Å². The molecule has 7 nitrogen and oxygen atoms in total. The van der Waals surface area contributed by atoms with E-state index in [2.05, 4.69) is 16.0 Å². The van der Waals surface area contributed by atoms with Gasteiger partial charge in [-0.25, -0.2) is 12.8 Å². The third kappa shape index (κ3) is 5.84. The Hall–Kier alpha value is -2.36. The molecule has 0 aliphatic heterocycles. The molecule has 0 radical (unpaired) electrons. The lowest BCUT2D eigenvalue weighted by Gasteiger charge is -2.20. The van der Waals surface area contributed by atoms with Gasteiger partial charge in [0.2, 0.25) is 15.9 Å². The zero-order valence-corrected chi connectivity index (χ0v) is 18.7. The molecule has 0 saturated heterocycles. The van der Waals surface area contributed by atoms with Crippen LogP contribution in [0.4, 0.5) is 21.5 Å². The summed E-state index contributed by atoms with van der Waals surface area (Å²) >= 11 is 5.72. The van der Waals surface area contributed by atoms with Crippen molar-refractivity contribution in [3.8, 4) is 0 Å². The van der Waals surface area contributed by atoms with Gasteiger partial charge in [-0.15, -0.1) is 0 Å². The Morgan fingerprint density at radius 3 is 2.33 bits per heavy atom. The van der Waals surface area contributed by atoms with Crippen LogP contribution in [0.25, 0.3) is 0 Å². The monoisotopic (exact) mass is 456 g/mol. The second kappa shape index (κ2) is 10.6. The average molecular weight is 457 g/mol. The smallest absolute Gasteiger partial charge is 0.243 e. The predicted octanol–water partition coefficient (Wildman–Crippen LogP) is 3.99. The number of benzene rings is 2. The molecular formula is C20H26ClFN4O3S. The van der Waals surface area contributed by atoms with Gasteiger partial charge in [-0.3, -0.25) is 4.79 Å². The maximum atomic E-state index is 13.2. The lowest BCUT2D eigenvalue weighted by molar-refractivity contribution is -0.114. The molecule has 0 atom stereocenters. The fraction of sp³-hybridized carbons (Fsp3) is 0.350. The lowest BCUT2D eigenvalue weighted by atomic mass is 10.2. The van der Waals surface area contributed by atoms with Crippen LogP contribution in [0.15, 0.2) is 41.3 Å². The number of nitrogens with one attached hydrogen (secondary N) is 3. The Kier molecular flexibility index (Phi) is 8.45. The molecule has 0 spiro atoms. The molecule has 3 N–H and O–H groups in total. The summed E-state index contributed by atoms with van der Waals surface area (Å²) in [6, 6.07) is 8.59. The Labute approximate surface area is 181 Å². The molecule has 0 saturated carbocycles. The molecule has 164 valence electrons. The maximum absolute atomic E-state index is 13.2. The van der Waals surface area contributed by atoms with E-state index in [0.717, 1.165) is 6.07 Å². The van der Waals surface area contributed by atoms with Crippen LogP contribution in [0, 0.1) is 5.82 Å². The first-order valence-electron chi connectivity index (χ1n) is 9.59. The van der Waals surface area contributed by atoms with Gasteiger partial charge in [0.1, 0.15) is 5.82 Å². The summed E-state index contributed by atoms with van der Waals surface area (Å²) in [5, 5.41) is 8.62. The van der Waals surface area contributed by atoms with Crippen molar-refractivity contribution in [1.29, 1.82) is 0 Å². The second-order valence-corrected chi connectivity index (χ2v) is 8.70. The number of hydrogen-bond acceptors (Lipinski definition) is 5. The highest BCUT2D eigenvalue weighted by molar-refractivity contribution is 7.89. The minimum absolute atomic E-state index is 0.0931. The molecule has 2 aromatic carbocycles. The average Bonchev–Trinajstić information content (AvgIpc) is 2.71. The normalized spacial score (nSPS) is 11.4. The summed E-state index contributed by atoms with van der Waals surface area (Å²) in [4.78, 5) is 12.4. The molecule has 0 bridgehead atoms. The van der Waals surface area contributed by atoms with Crippen LogP contribution in [-0.4, -0.2) is 44.8 Å². The minimum atomic E-state index is -3.64. The van der Waals surface area contributed by atoms with Gasteiger partial charge in [0.05, 0.1) is 27.8 Å². The highest BCUT2D eigenvalue weighted by Crippen LogP contribution is 2.27. The van der Waals surface area contributed by atoms with Crippen molar-refractivity contribution >= 4 is 44.6 Å². The van der Waals surface area contributed by atoms with E-state index in [1.165, 1.54) is 28.6 Å². The number of hydrogen-bond donors (Lipinski definition) is 3. The van der Waals surface area contributed by atoms with Gasteiger partial charge in [-0.1, -0.05) is 25.4 Å². The number of halogens is 2. The van der Waals surface area contributed by atoms with E-state index >= 15 is 0 Å². The van der Waals surface area contributed by atoms with Crippen molar-refractivity contribution in [1.82, 2.24) is 4.31 Å². The summed E-state index contributed by atoms with van der Waals surface area (Å²) < 4.78 is 40.2. The maximum Gasteiger partial charge on any atom is 0.243 e. The van der Waals surface area contributed by atoms with Crippen LogP contribution in [0.1, 0.15) is 20.8 Å². The van der Waals surface area contributed by atoms with Gasteiger partial charge in [-0.2, -0.15) is 4.31 Å². The largest absolute Gasteiger partial charge is 0.384 e. The highest BCUT2D eigenvalue weighted by Gasteiger charge is 2.22. The van der Waals surface area contributed by atoms with Crippen LogP contribution in [0.3, 0.4) is 0 Å². The zero-order chi connectivity index (χ0) is 22.3. The number of sulfonamides is 1. The number of amides is 1. The van der Waals surface area contributed by atoms with Crippen molar-refractivity contribution in [3.63, 3.8) is 0 Å². The molecule has 0 unspecified atom stereocenters. The minimum Gasteiger partial charge on any atom is -0.384 e. The van der Waals surface area contributed by atoms with E-state index < -0.39 is 21.7 Å². The van der Waals surface area contributed by atoms with Crippen molar-refractivity contribution < 1.29 is 17.6 Å². The molecule has 0 aliphatic carbocycles. The Morgan fingerprint density at radius 2 is 1.73 bits per heavy atom. The summed E-state index contributed by atoms with van der Waals surface area (Å²) in [5.41, 5.74) is 1.52. The van der Waals surface area contributed by atoms with E-state index in [-0.39, 0.29) is 16.5 Å². The first-order valence-corrected chi connectivity index (χ1v) is 11.4. The van der Waals surface area contributed by atoms with Gasteiger partial charge in [0.15, 0.2) is 0 Å². The SMILES string of the molecule is CCNc1ccc(S(=O)(=O)N(CC)CC)cc1NCC(=O)Nc1ccc(F)c(Cl)c1. The highest BCUT2D eigenvalue weighted by atomic mass is 35.5. The second-order valence-electron chi connectivity index (χ2n) is 6.36. The number of carbonyl (C=O) groups excluding carboxylic acids is 1. The molecule has 2 rings (SSSR count). The number of nitrogens with zero attached hydrogens (tertiary/aromatic N) is 1. The Bertz CT molecular complexity index is 998. The molecule has 0 heterocycles. The van der Waals surface area contributed by atoms with E-state index in [9.17, 15) is 17.6 Å². The number of carbonyl (C=O) groups is 1. The van der Waals surface area contributed by atoms with Crippen molar-refractivity contribution in [2.24, 2.45) is 0 Å². The van der Waals surface area contributed by atoms with E-state index in [0.29, 0.717) is 36.7 Å². The molecule has 1 amide bonds. The fourth-order valence-electron chi connectivity index (χ4n) is 2.84. The van der Waals surface area contributed by atoms with Crippen LogP contribution in [0.5, 0.6) is 0 Å². The fourth-order valence-corrected chi connectivity index (χ4v) is 4.51. The topological polar surface area (TPSA) is 90.5 Å². The van der Waals surface area contributed by atoms with E-state index in [1.807, 2.05) is 6.92 Å². The first-order chi connectivity index (χ1) is 14.2. The third-order valence-corrected chi connectivity index (χ3v) is 6.68. The molecule has 0 aromatic heterocycles. The van der Waals surface area contributed by atoms with Crippen LogP contribution in [0.2, 0.25) is 5.02 Å². The first kappa shape index (κ1) is 23.9. The molecular weight excluding hydrogens is 431 g/mol. The van der Waals surface area contributed by atoms with Gasteiger partial charge in [0, 0.05) is 25.3 Å². The summed E-state index contributed by atoms with van der Waals surface area (Å²) in [7, 11) is -3.64. The lowest BCUT2D eigenvalue weighted by Crippen LogP contribution is -2.30. The van der Waals surface area contributed by atoms with Gasteiger partial charge >= 0.3 is 0 Å². The third-order valence-electron chi connectivity index (χ3n) is 4.34. The predicted molar refractivity (Wildman–Crippen MR) is 119 cm³/mol. The molecule has 0 aliphatic rings. The zero-order valence-electron chi connectivity index (χ0n) is 17.1. The Morgan fingerprint density at radius 1 is 1.03 bits per heavy atom. The number of anilines is 3. The summed E-state index contributed by atoms with van der Waals surface area (Å²) in [6.07, 6.45) is 0. The Balaban J connectivity index is 2.20. The van der Waals surface area contributed by atoms with Gasteiger partial charge in [0.25, 0.3) is 0 Å². The van der Waals surface area contributed by atoms with Gasteiger partial charge in [-0.05, 0) is 43.3 Å². The van der Waals surface area contributed by atoms with Crippen LogP contribution in [-0.2, 0) is 14.8 Å². The molecule has 0 fully saturated rings. The van der Waals surface area contributed by atoms with E-state index in [4.69, 9.17) is 11.6 Å². The van der Waals surface area contributed by atoms with E-state index in [1.54, 1.807) is 19.9 Å². The van der Waals surface area contributed by atoms with Crippen molar-refractivity contribution in [2.75, 3.05) is 42.1 Å². The molecule has 2 aromatic rings. The summed E-state index contributed by atoms with van der Waals surface area (Å²) in [6.45, 7) is 6.69. The van der Waals surface area contributed by atoms with Crippen molar-refractivity contribution in [2.45, 2.75) is 25.7 Å². The molecule has 10 heteroatoms. The van der Waals surface area contributed by atoms with Gasteiger partial charge < -0.3 is 16.0 Å². The standard InChI is InChI=1S/C20H26ClFN4O3S/c1-4-23-18-10-8-15(30(28,29)26(5-2)6-3)12-19(18)24-13-20(27)25-14-7-9-17(22)16(21)11-14/h7-12,23-24H,4-6,13H2,1-3H3,(H,25,27). The summed E-state index contributed by atoms with van der Waals surface area (Å²) in [5.74, 6) is -0.966. The molecule has 30 heavy (non-hydrogen) atoms. The van der Waals surface area contributed by atoms with Crippen molar-refractivity contribution in [3.05, 3.63) is 47.2 Å². The van der Waals surface area contributed by atoms with Crippen LogP contribution >= 0.6 is 11.6 Å².